The molecule has 0 spiro atoms. The summed E-state index contributed by atoms with van der Waals surface area (Å²) in [6.07, 6.45) is 4.60. The molecule has 0 aliphatic heterocycles. The molecule has 0 unspecified atom stereocenters. The van der Waals surface area contributed by atoms with Crippen molar-refractivity contribution in [2.45, 2.75) is 13.0 Å². The topological polar surface area (TPSA) is 16.1 Å². The van der Waals surface area contributed by atoms with Crippen LogP contribution in [-0.4, -0.2) is 23.5 Å². The fraction of sp³-hybridized carbons (Fsp3) is 0.267. The summed E-state index contributed by atoms with van der Waals surface area (Å²) in [6.45, 7) is 1.71. The van der Waals surface area contributed by atoms with Gasteiger partial charge in [0.05, 0.1) is 0 Å². The van der Waals surface area contributed by atoms with E-state index in [9.17, 15) is 4.39 Å². The van der Waals surface area contributed by atoms with E-state index in [0.29, 0.717) is 0 Å². The smallest absolute Gasteiger partial charge is 0.123 e. The zero-order valence-corrected chi connectivity index (χ0v) is 10.5. The van der Waals surface area contributed by atoms with Gasteiger partial charge in [-0.2, -0.15) is 0 Å². The van der Waals surface area contributed by atoms with E-state index < -0.39 is 0 Å². The maximum absolute atomic E-state index is 13.0. The Bertz CT molecular complexity index is 485. The minimum absolute atomic E-state index is 0.171. The number of hydrogen-bond acceptors (Lipinski definition) is 2. The number of hydrogen-bond donors (Lipinski definition) is 0. The highest BCUT2D eigenvalue weighted by atomic mass is 19.1. The molecule has 2 nitrogen and oxygen atoms in total. The van der Waals surface area contributed by atoms with Gasteiger partial charge in [-0.15, -0.1) is 0 Å². The number of nitrogens with zero attached hydrogens (tertiary/aromatic N) is 2. The van der Waals surface area contributed by atoms with Crippen LogP contribution in [0.4, 0.5) is 4.39 Å². The van der Waals surface area contributed by atoms with Crippen molar-refractivity contribution >= 4 is 0 Å². The maximum Gasteiger partial charge on any atom is 0.123 e. The van der Waals surface area contributed by atoms with E-state index in [2.05, 4.69) is 9.88 Å². The van der Waals surface area contributed by atoms with Gasteiger partial charge in [-0.25, -0.2) is 4.39 Å². The molecular weight excluding hydrogens is 227 g/mol. The lowest BCUT2D eigenvalue weighted by molar-refractivity contribution is 0.330. The highest BCUT2D eigenvalue weighted by molar-refractivity contribution is 5.16. The Morgan fingerprint density at radius 1 is 1.11 bits per heavy atom. The number of benzene rings is 1. The van der Waals surface area contributed by atoms with Crippen molar-refractivity contribution in [3.05, 3.63) is 65.7 Å². The molecule has 0 fully saturated rings. The molecule has 1 aromatic heterocycles. The summed E-state index contributed by atoms with van der Waals surface area (Å²) in [6, 6.07) is 10.8. The Morgan fingerprint density at radius 3 is 2.61 bits per heavy atom. The van der Waals surface area contributed by atoms with Gasteiger partial charge in [0.25, 0.3) is 0 Å². The van der Waals surface area contributed by atoms with Crippen LogP contribution in [-0.2, 0) is 13.0 Å². The zero-order valence-electron chi connectivity index (χ0n) is 10.5. The quantitative estimate of drug-likeness (QED) is 0.804. The summed E-state index contributed by atoms with van der Waals surface area (Å²) in [5.41, 5.74) is 2.28. The van der Waals surface area contributed by atoms with Crippen molar-refractivity contribution in [3.63, 3.8) is 0 Å². The lowest BCUT2D eigenvalue weighted by Gasteiger charge is -2.16. The van der Waals surface area contributed by atoms with Crippen molar-refractivity contribution in [2.24, 2.45) is 0 Å². The van der Waals surface area contributed by atoms with Crippen molar-refractivity contribution in [3.8, 4) is 0 Å². The Hall–Kier alpha value is -1.74. The van der Waals surface area contributed by atoms with Gasteiger partial charge in [0, 0.05) is 25.5 Å². The van der Waals surface area contributed by atoms with Gasteiger partial charge in [-0.05, 0) is 48.9 Å². The molecule has 0 saturated carbocycles. The molecule has 94 valence electrons. The predicted octanol–water partition coefficient (Wildman–Crippen LogP) is 2.90. The van der Waals surface area contributed by atoms with Crippen LogP contribution in [0.3, 0.4) is 0 Å². The minimum atomic E-state index is -0.171. The molecule has 1 heterocycles. The predicted molar refractivity (Wildman–Crippen MR) is 70.7 cm³/mol. The first kappa shape index (κ1) is 12.7. The van der Waals surface area contributed by atoms with E-state index in [-0.39, 0.29) is 5.82 Å². The summed E-state index contributed by atoms with van der Waals surface area (Å²) in [5.74, 6) is -0.171. The number of likely N-dealkylation sites (N-methyl/N-ethyl adjacent to an activating group) is 1. The lowest BCUT2D eigenvalue weighted by Crippen LogP contribution is -2.20. The van der Waals surface area contributed by atoms with Gasteiger partial charge in [0.15, 0.2) is 0 Å². The molecular formula is C15H17FN2. The van der Waals surface area contributed by atoms with Crippen LogP contribution in [0.1, 0.15) is 11.1 Å². The maximum atomic E-state index is 13.0. The Balaban J connectivity index is 1.84. The number of rotatable bonds is 5. The first-order valence-electron chi connectivity index (χ1n) is 6.06. The highest BCUT2D eigenvalue weighted by Gasteiger charge is 2.02. The molecule has 18 heavy (non-hydrogen) atoms. The summed E-state index contributed by atoms with van der Waals surface area (Å²) < 4.78 is 13.0. The van der Waals surface area contributed by atoms with Gasteiger partial charge < -0.3 is 4.90 Å². The Labute approximate surface area is 107 Å². The van der Waals surface area contributed by atoms with Crippen LogP contribution < -0.4 is 0 Å². The molecule has 0 N–H and O–H groups in total. The van der Waals surface area contributed by atoms with E-state index in [4.69, 9.17) is 0 Å². The molecule has 0 aliphatic rings. The molecule has 0 aliphatic carbocycles. The highest BCUT2D eigenvalue weighted by Crippen LogP contribution is 2.07. The van der Waals surface area contributed by atoms with E-state index in [1.54, 1.807) is 12.1 Å². The molecule has 2 rings (SSSR count). The van der Waals surface area contributed by atoms with Crippen molar-refractivity contribution < 1.29 is 4.39 Å². The van der Waals surface area contributed by atoms with Crippen LogP contribution in [0.25, 0.3) is 0 Å². The standard InChI is InChI=1S/C15H17FN2/c1-18(10-7-13-5-8-17-9-6-13)12-14-3-2-4-15(16)11-14/h2-6,8-9,11H,7,10,12H2,1H3. The molecule has 1 aromatic carbocycles. The molecule has 0 bridgehead atoms. The third-order valence-electron chi connectivity index (χ3n) is 2.87. The summed E-state index contributed by atoms with van der Waals surface area (Å²) in [5, 5.41) is 0. The van der Waals surface area contributed by atoms with Crippen LogP contribution in [0.15, 0.2) is 48.8 Å². The second-order valence-corrected chi connectivity index (χ2v) is 4.47. The van der Waals surface area contributed by atoms with Gasteiger partial charge in [0.2, 0.25) is 0 Å². The summed E-state index contributed by atoms with van der Waals surface area (Å²) in [7, 11) is 2.05. The number of halogens is 1. The van der Waals surface area contributed by atoms with Gasteiger partial charge >= 0.3 is 0 Å². The molecule has 0 atom stereocenters. The third kappa shape index (κ3) is 3.93. The second-order valence-electron chi connectivity index (χ2n) is 4.47. The van der Waals surface area contributed by atoms with E-state index >= 15 is 0 Å². The first-order valence-corrected chi connectivity index (χ1v) is 6.06. The van der Waals surface area contributed by atoms with Crippen molar-refractivity contribution in [2.75, 3.05) is 13.6 Å². The normalized spacial score (nSPS) is 10.8. The summed E-state index contributed by atoms with van der Waals surface area (Å²) >= 11 is 0. The van der Waals surface area contributed by atoms with Gasteiger partial charge in [-0.3, -0.25) is 4.98 Å². The van der Waals surface area contributed by atoms with Crippen LogP contribution in [0.5, 0.6) is 0 Å². The van der Waals surface area contributed by atoms with Gasteiger partial charge in [-0.1, -0.05) is 12.1 Å². The second kappa shape index (κ2) is 6.26. The van der Waals surface area contributed by atoms with Gasteiger partial charge in [0.1, 0.15) is 5.82 Å². The Morgan fingerprint density at radius 2 is 1.89 bits per heavy atom. The fourth-order valence-corrected chi connectivity index (χ4v) is 1.90. The SMILES string of the molecule is CN(CCc1ccncc1)Cc1cccc(F)c1. The molecule has 0 saturated heterocycles. The summed E-state index contributed by atoms with van der Waals surface area (Å²) in [4.78, 5) is 6.18. The monoisotopic (exact) mass is 244 g/mol. The van der Waals surface area contributed by atoms with E-state index in [1.807, 2.05) is 37.6 Å². The largest absolute Gasteiger partial charge is 0.302 e. The van der Waals surface area contributed by atoms with E-state index in [0.717, 1.165) is 25.1 Å². The molecule has 2 aromatic rings. The minimum Gasteiger partial charge on any atom is -0.302 e. The molecule has 0 amide bonds. The average Bonchev–Trinajstić information content (AvgIpc) is 2.38. The van der Waals surface area contributed by atoms with Crippen LogP contribution >= 0.6 is 0 Å². The van der Waals surface area contributed by atoms with Crippen LogP contribution in [0, 0.1) is 5.82 Å². The average molecular weight is 244 g/mol. The van der Waals surface area contributed by atoms with E-state index in [1.165, 1.54) is 11.6 Å². The Kier molecular flexibility index (Phi) is 4.42. The molecule has 0 radical (unpaired) electrons. The fourth-order valence-electron chi connectivity index (χ4n) is 1.90. The zero-order chi connectivity index (χ0) is 12.8. The van der Waals surface area contributed by atoms with Crippen LogP contribution in [0.2, 0.25) is 0 Å². The third-order valence-corrected chi connectivity index (χ3v) is 2.87. The number of pyridine rings is 1. The lowest BCUT2D eigenvalue weighted by atomic mass is 10.1. The van der Waals surface area contributed by atoms with Crippen molar-refractivity contribution in [1.29, 1.82) is 0 Å². The first-order chi connectivity index (χ1) is 8.74. The molecule has 3 heteroatoms. The number of aromatic nitrogens is 1. The van der Waals surface area contributed by atoms with Crippen molar-refractivity contribution in [1.82, 2.24) is 9.88 Å².